The molecule has 0 aliphatic rings. The van der Waals surface area contributed by atoms with E-state index in [9.17, 15) is 4.79 Å². The van der Waals surface area contributed by atoms with Gasteiger partial charge in [-0.15, -0.1) is 0 Å². The molecular formula is C16H14O2. The maximum Gasteiger partial charge on any atom is 0.331 e. The molecule has 2 rings (SSSR count). The first-order chi connectivity index (χ1) is 8.81. The Hall–Kier alpha value is -2.35. The lowest BCUT2D eigenvalue weighted by Gasteiger charge is -2.01. The maximum absolute atomic E-state index is 11.4. The largest absolute Gasteiger partial charge is 0.458 e. The molecule has 0 amide bonds. The molecule has 90 valence electrons. The van der Waals surface area contributed by atoms with Crippen molar-refractivity contribution in [3.8, 4) is 0 Å². The van der Waals surface area contributed by atoms with Crippen LogP contribution in [-0.2, 0) is 9.53 Å². The standard InChI is InChI=1S/C16H14O2/c1-2-12-18-16(17)11-10-14-8-5-7-13-6-3-4-9-15(13)14/h2-11H,1,12H2/b11-10+. The van der Waals surface area contributed by atoms with Gasteiger partial charge in [-0.25, -0.2) is 4.79 Å². The summed E-state index contributed by atoms with van der Waals surface area (Å²) >= 11 is 0. The number of benzene rings is 2. The summed E-state index contributed by atoms with van der Waals surface area (Å²) in [6.07, 6.45) is 4.75. The van der Waals surface area contributed by atoms with Gasteiger partial charge in [0.1, 0.15) is 6.61 Å². The van der Waals surface area contributed by atoms with E-state index in [0.29, 0.717) is 0 Å². The molecule has 0 unspecified atom stereocenters. The third-order valence-electron chi connectivity index (χ3n) is 2.57. The lowest BCUT2D eigenvalue weighted by molar-refractivity contribution is -0.136. The van der Waals surface area contributed by atoms with E-state index in [1.807, 2.05) is 42.5 Å². The Morgan fingerprint density at radius 1 is 1.17 bits per heavy atom. The SMILES string of the molecule is C=CCOC(=O)/C=C/c1cccc2ccccc12. The van der Waals surface area contributed by atoms with Gasteiger partial charge < -0.3 is 4.74 Å². The van der Waals surface area contributed by atoms with E-state index >= 15 is 0 Å². The van der Waals surface area contributed by atoms with Gasteiger partial charge in [0.15, 0.2) is 0 Å². The predicted molar refractivity (Wildman–Crippen MR) is 74.1 cm³/mol. The number of carbonyl (C=O) groups is 1. The molecule has 2 aromatic carbocycles. The number of ether oxygens (including phenoxy) is 1. The van der Waals surface area contributed by atoms with Gasteiger partial charge in [0.05, 0.1) is 0 Å². The lowest BCUT2D eigenvalue weighted by Crippen LogP contribution is -1.99. The van der Waals surface area contributed by atoms with Gasteiger partial charge in [-0.2, -0.15) is 0 Å². The van der Waals surface area contributed by atoms with Crippen molar-refractivity contribution in [2.45, 2.75) is 0 Å². The molecule has 0 saturated carbocycles. The third-order valence-corrected chi connectivity index (χ3v) is 2.57. The van der Waals surface area contributed by atoms with Crippen molar-refractivity contribution < 1.29 is 9.53 Å². The van der Waals surface area contributed by atoms with E-state index in [1.54, 1.807) is 12.2 Å². The maximum atomic E-state index is 11.4. The number of esters is 1. The highest BCUT2D eigenvalue weighted by molar-refractivity contribution is 5.94. The first kappa shape index (κ1) is 12.1. The molecule has 0 spiro atoms. The van der Waals surface area contributed by atoms with Crippen molar-refractivity contribution in [2.24, 2.45) is 0 Å². The van der Waals surface area contributed by atoms with Crippen LogP contribution in [0.15, 0.2) is 61.2 Å². The highest BCUT2D eigenvalue weighted by Gasteiger charge is 1.98. The van der Waals surface area contributed by atoms with Crippen LogP contribution in [0, 0.1) is 0 Å². The van der Waals surface area contributed by atoms with Crippen LogP contribution in [0.4, 0.5) is 0 Å². The van der Waals surface area contributed by atoms with Crippen LogP contribution in [0.25, 0.3) is 16.8 Å². The zero-order valence-corrected chi connectivity index (χ0v) is 10.0. The van der Waals surface area contributed by atoms with Gasteiger partial charge in [0, 0.05) is 6.08 Å². The Kier molecular flexibility index (Phi) is 3.92. The second kappa shape index (κ2) is 5.82. The highest BCUT2D eigenvalue weighted by atomic mass is 16.5. The number of carbonyl (C=O) groups excluding carboxylic acids is 1. The van der Waals surface area contributed by atoms with Crippen molar-refractivity contribution in [1.82, 2.24) is 0 Å². The minimum atomic E-state index is -0.358. The van der Waals surface area contributed by atoms with Gasteiger partial charge in [-0.1, -0.05) is 55.1 Å². The molecule has 0 saturated heterocycles. The highest BCUT2D eigenvalue weighted by Crippen LogP contribution is 2.19. The van der Waals surface area contributed by atoms with Crippen LogP contribution in [0.2, 0.25) is 0 Å². The van der Waals surface area contributed by atoms with Crippen LogP contribution in [0.3, 0.4) is 0 Å². The van der Waals surface area contributed by atoms with E-state index in [1.165, 1.54) is 6.08 Å². The minimum absolute atomic E-state index is 0.235. The van der Waals surface area contributed by atoms with E-state index in [-0.39, 0.29) is 12.6 Å². The Morgan fingerprint density at radius 2 is 1.94 bits per heavy atom. The summed E-state index contributed by atoms with van der Waals surface area (Å²) in [5.74, 6) is -0.358. The summed E-state index contributed by atoms with van der Waals surface area (Å²) < 4.78 is 4.88. The number of hydrogen-bond acceptors (Lipinski definition) is 2. The summed E-state index contributed by atoms with van der Waals surface area (Å²) in [5.41, 5.74) is 1.00. The first-order valence-corrected chi connectivity index (χ1v) is 5.75. The summed E-state index contributed by atoms with van der Waals surface area (Å²) in [4.78, 5) is 11.4. The lowest BCUT2D eigenvalue weighted by atomic mass is 10.0. The minimum Gasteiger partial charge on any atom is -0.458 e. The van der Waals surface area contributed by atoms with Gasteiger partial charge in [-0.05, 0) is 22.4 Å². The Bertz CT molecular complexity index is 592. The monoisotopic (exact) mass is 238 g/mol. The quantitative estimate of drug-likeness (QED) is 0.462. The van der Waals surface area contributed by atoms with Crippen LogP contribution in [0.5, 0.6) is 0 Å². The van der Waals surface area contributed by atoms with Crippen LogP contribution in [0.1, 0.15) is 5.56 Å². The molecule has 0 aliphatic carbocycles. The fourth-order valence-corrected chi connectivity index (χ4v) is 1.74. The van der Waals surface area contributed by atoms with Gasteiger partial charge in [0.25, 0.3) is 0 Å². The van der Waals surface area contributed by atoms with E-state index in [2.05, 4.69) is 6.58 Å². The Labute approximate surface area is 106 Å². The van der Waals surface area contributed by atoms with Crippen molar-refractivity contribution in [3.63, 3.8) is 0 Å². The van der Waals surface area contributed by atoms with Gasteiger partial charge in [-0.3, -0.25) is 0 Å². The molecule has 0 bridgehead atoms. The van der Waals surface area contributed by atoms with Crippen molar-refractivity contribution in [2.75, 3.05) is 6.61 Å². The summed E-state index contributed by atoms with van der Waals surface area (Å²) in [6, 6.07) is 14.0. The molecule has 0 radical (unpaired) electrons. The average Bonchev–Trinajstić information content (AvgIpc) is 2.42. The molecule has 0 aliphatic heterocycles. The van der Waals surface area contributed by atoms with Gasteiger partial charge >= 0.3 is 5.97 Å². The summed E-state index contributed by atoms with van der Waals surface area (Å²) in [6.45, 7) is 3.73. The second-order valence-electron chi connectivity index (χ2n) is 3.82. The van der Waals surface area contributed by atoms with Crippen molar-refractivity contribution in [1.29, 1.82) is 0 Å². The van der Waals surface area contributed by atoms with E-state index in [0.717, 1.165) is 16.3 Å². The molecule has 0 aromatic heterocycles. The summed E-state index contributed by atoms with van der Waals surface area (Å²) in [5, 5.41) is 2.27. The molecule has 2 heteroatoms. The third kappa shape index (κ3) is 2.86. The Morgan fingerprint density at radius 3 is 2.78 bits per heavy atom. The number of rotatable bonds is 4. The normalized spacial score (nSPS) is 10.7. The fraction of sp³-hybridized carbons (Fsp3) is 0.0625. The van der Waals surface area contributed by atoms with E-state index in [4.69, 9.17) is 4.74 Å². The van der Waals surface area contributed by atoms with Gasteiger partial charge in [0.2, 0.25) is 0 Å². The van der Waals surface area contributed by atoms with Crippen molar-refractivity contribution in [3.05, 3.63) is 66.8 Å². The molecule has 18 heavy (non-hydrogen) atoms. The molecular weight excluding hydrogens is 224 g/mol. The summed E-state index contributed by atoms with van der Waals surface area (Å²) in [7, 11) is 0. The van der Waals surface area contributed by atoms with Crippen molar-refractivity contribution >= 4 is 22.8 Å². The molecule has 0 N–H and O–H groups in total. The predicted octanol–water partition coefficient (Wildman–Crippen LogP) is 3.58. The molecule has 2 nitrogen and oxygen atoms in total. The smallest absolute Gasteiger partial charge is 0.331 e. The second-order valence-corrected chi connectivity index (χ2v) is 3.82. The Balaban J connectivity index is 2.24. The zero-order valence-electron chi connectivity index (χ0n) is 10.0. The average molecular weight is 238 g/mol. The topological polar surface area (TPSA) is 26.3 Å². The number of fused-ring (bicyclic) bond motifs is 1. The van der Waals surface area contributed by atoms with Crippen LogP contribution >= 0.6 is 0 Å². The zero-order chi connectivity index (χ0) is 12.8. The molecule has 0 fully saturated rings. The molecule has 0 heterocycles. The van der Waals surface area contributed by atoms with E-state index < -0.39 is 0 Å². The van der Waals surface area contributed by atoms with Crippen LogP contribution in [-0.4, -0.2) is 12.6 Å². The molecule has 0 atom stereocenters. The first-order valence-electron chi connectivity index (χ1n) is 5.75. The molecule has 2 aromatic rings. The van der Waals surface area contributed by atoms with Crippen LogP contribution < -0.4 is 0 Å². The number of hydrogen-bond donors (Lipinski definition) is 0. The fourth-order valence-electron chi connectivity index (χ4n) is 1.74.